The van der Waals surface area contributed by atoms with Gasteiger partial charge in [0.1, 0.15) is 17.7 Å². The van der Waals surface area contributed by atoms with Crippen LogP contribution in [0.3, 0.4) is 0 Å². The zero-order chi connectivity index (χ0) is 25.6. The number of benzene rings is 1. The largest absolute Gasteiger partial charge is 0.489 e. The van der Waals surface area contributed by atoms with Gasteiger partial charge in [-0.1, -0.05) is 0 Å². The van der Waals surface area contributed by atoms with Gasteiger partial charge in [-0.2, -0.15) is 0 Å². The second-order valence-electron chi connectivity index (χ2n) is 11.4. The summed E-state index contributed by atoms with van der Waals surface area (Å²) in [6, 6.07) is 12.1. The lowest BCUT2D eigenvalue weighted by Crippen LogP contribution is -2.62. The molecule has 1 amide bonds. The van der Waals surface area contributed by atoms with Crippen LogP contribution in [0, 0.1) is 0 Å². The lowest BCUT2D eigenvalue weighted by atomic mass is 9.98. The lowest BCUT2D eigenvalue weighted by molar-refractivity contribution is -0.198. The van der Waals surface area contributed by atoms with Gasteiger partial charge in [-0.3, -0.25) is 14.6 Å². The molecule has 8 heteroatoms. The number of nitrogens with zero attached hydrogens (tertiary/aromatic N) is 5. The van der Waals surface area contributed by atoms with Crippen LogP contribution in [0.1, 0.15) is 49.4 Å². The summed E-state index contributed by atoms with van der Waals surface area (Å²) in [4.78, 5) is 24.6. The maximum Gasteiger partial charge on any atom is 0.253 e. The summed E-state index contributed by atoms with van der Waals surface area (Å²) < 4.78 is 14.2. The molecule has 0 saturated carbocycles. The molecule has 5 aliphatic rings. The highest BCUT2D eigenvalue weighted by molar-refractivity contribution is 5.98. The van der Waals surface area contributed by atoms with Crippen molar-refractivity contribution in [1.82, 2.24) is 24.3 Å². The third-order valence-corrected chi connectivity index (χ3v) is 8.92. The molecule has 5 saturated heterocycles. The minimum atomic E-state index is 0.134. The highest BCUT2D eigenvalue weighted by atomic mass is 16.5. The van der Waals surface area contributed by atoms with Gasteiger partial charge in [-0.05, 0) is 69.0 Å². The smallest absolute Gasteiger partial charge is 0.253 e. The first kappa shape index (κ1) is 24.1. The maximum atomic E-state index is 12.8. The Morgan fingerprint density at radius 2 is 1.76 bits per heavy atom. The van der Waals surface area contributed by atoms with Crippen molar-refractivity contribution < 1.29 is 14.3 Å². The van der Waals surface area contributed by atoms with Crippen molar-refractivity contribution in [3.8, 4) is 11.6 Å². The van der Waals surface area contributed by atoms with E-state index in [1.807, 2.05) is 47.6 Å². The second-order valence-corrected chi connectivity index (χ2v) is 11.4. The number of carbonyl (C=O) groups is 1. The van der Waals surface area contributed by atoms with Gasteiger partial charge >= 0.3 is 0 Å². The number of hydrogen-bond acceptors (Lipinski definition) is 6. The Kier molecular flexibility index (Phi) is 6.34. The van der Waals surface area contributed by atoms with E-state index in [0.717, 1.165) is 93.0 Å². The van der Waals surface area contributed by atoms with Gasteiger partial charge in [0.05, 0.1) is 30.1 Å². The van der Waals surface area contributed by atoms with Crippen molar-refractivity contribution in [2.45, 2.75) is 63.5 Å². The third-order valence-electron chi connectivity index (χ3n) is 8.92. The molecule has 8 nitrogen and oxygen atoms in total. The van der Waals surface area contributed by atoms with Crippen molar-refractivity contribution in [3.05, 3.63) is 54.4 Å². The molecule has 3 atom stereocenters. The fourth-order valence-electron chi connectivity index (χ4n) is 6.65. The predicted octanol–water partition coefficient (Wildman–Crippen LogP) is 3.92. The van der Waals surface area contributed by atoms with Crippen molar-refractivity contribution in [1.29, 1.82) is 0 Å². The molecule has 1 aromatic carbocycles. The van der Waals surface area contributed by atoms with E-state index in [4.69, 9.17) is 14.5 Å². The number of ether oxygens (including phenoxy) is 2. The Morgan fingerprint density at radius 1 is 1.00 bits per heavy atom. The van der Waals surface area contributed by atoms with E-state index in [-0.39, 0.29) is 12.0 Å². The van der Waals surface area contributed by atoms with E-state index in [1.54, 1.807) is 0 Å². The first-order chi connectivity index (χ1) is 18.6. The molecule has 38 heavy (non-hydrogen) atoms. The molecule has 200 valence electrons. The molecule has 5 fully saturated rings. The summed E-state index contributed by atoms with van der Waals surface area (Å²) in [7, 11) is 0. The van der Waals surface area contributed by atoms with Crippen LogP contribution in [0.15, 0.2) is 48.8 Å². The predicted molar refractivity (Wildman–Crippen MR) is 146 cm³/mol. The molecule has 5 aliphatic heterocycles. The fraction of sp³-hybridized carbons (Fsp3) is 0.533. The van der Waals surface area contributed by atoms with Gasteiger partial charge in [-0.25, -0.2) is 4.98 Å². The number of fused-ring (bicyclic) bond motifs is 3. The summed E-state index contributed by atoms with van der Waals surface area (Å²) in [5, 5.41) is 1.05. The van der Waals surface area contributed by atoms with E-state index in [0.29, 0.717) is 18.4 Å². The van der Waals surface area contributed by atoms with Crippen LogP contribution in [-0.4, -0.2) is 93.9 Å². The van der Waals surface area contributed by atoms with E-state index in [9.17, 15) is 4.79 Å². The topological polar surface area (TPSA) is 63.1 Å². The standard InChI is InChI=1S/C30H37N5O3/c1-21(34-19-26-17-27(20-34)38-26)32-13-9-24(10-14-32)37-25-5-7-29(31-18-25)35-15-8-22-16-23(4-6-28(22)35)30(36)33-11-2-3-12-33/h4-8,15-16,18,21,24,26-27H,2-3,9-14,17,19-20H2,1H3. The van der Waals surface area contributed by atoms with Crippen LogP contribution in [-0.2, 0) is 4.74 Å². The Hall–Kier alpha value is -2.94. The number of aromatic nitrogens is 2. The molecule has 0 spiro atoms. The monoisotopic (exact) mass is 515 g/mol. The molecule has 3 aromatic rings. The summed E-state index contributed by atoms with van der Waals surface area (Å²) in [6.45, 7) is 8.32. The number of carbonyl (C=O) groups excluding carboxylic acids is 1. The van der Waals surface area contributed by atoms with Crippen LogP contribution in [0.5, 0.6) is 5.75 Å². The molecule has 2 aromatic heterocycles. The average Bonchev–Trinajstić information content (AvgIpc) is 3.63. The first-order valence-electron chi connectivity index (χ1n) is 14.3. The van der Waals surface area contributed by atoms with E-state index < -0.39 is 0 Å². The molecular formula is C30H37N5O3. The van der Waals surface area contributed by atoms with Crippen molar-refractivity contribution >= 4 is 16.8 Å². The van der Waals surface area contributed by atoms with E-state index in [1.165, 1.54) is 6.42 Å². The summed E-state index contributed by atoms with van der Waals surface area (Å²) >= 11 is 0. The Bertz CT molecular complexity index is 1280. The van der Waals surface area contributed by atoms with Gasteiger partial charge in [0, 0.05) is 62.8 Å². The zero-order valence-corrected chi connectivity index (χ0v) is 22.2. The quantitative estimate of drug-likeness (QED) is 0.496. The highest BCUT2D eigenvalue weighted by Crippen LogP contribution is 2.31. The van der Waals surface area contributed by atoms with Gasteiger partial charge in [0.25, 0.3) is 5.91 Å². The summed E-state index contributed by atoms with van der Waals surface area (Å²) in [5.41, 5.74) is 1.80. The number of likely N-dealkylation sites (tertiary alicyclic amines) is 2. The summed E-state index contributed by atoms with van der Waals surface area (Å²) in [6.07, 6.45) is 11.0. The molecule has 8 rings (SSSR count). The van der Waals surface area contributed by atoms with Crippen molar-refractivity contribution in [3.63, 3.8) is 0 Å². The molecule has 0 aliphatic carbocycles. The van der Waals surface area contributed by atoms with Crippen LogP contribution in [0.2, 0.25) is 0 Å². The normalized spacial score (nSPS) is 25.4. The number of morpholine rings is 1. The van der Waals surface area contributed by atoms with Gasteiger partial charge in [-0.15, -0.1) is 0 Å². The molecule has 7 heterocycles. The molecule has 0 N–H and O–H groups in total. The van der Waals surface area contributed by atoms with Gasteiger partial charge < -0.3 is 18.9 Å². The van der Waals surface area contributed by atoms with E-state index >= 15 is 0 Å². The minimum absolute atomic E-state index is 0.134. The van der Waals surface area contributed by atoms with Crippen LogP contribution < -0.4 is 4.74 Å². The Balaban J connectivity index is 0.959. The van der Waals surface area contributed by atoms with Crippen molar-refractivity contribution in [2.24, 2.45) is 0 Å². The Morgan fingerprint density at radius 3 is 2.47 bits per heavy atom. The maximum absolute atomic E-state index is 12.8. The number of amides is 1. The fourth-order valence-corrected chi connectivity index (χ4v) is 6.65. The third kappa shape index (κ3) is 4.59. The highest BCUT2D eigenvalue weighted by Gasteiger charge is 2.41. The Labute approximate surface area is 224 Å². The van der Waals surface area contributed by atoms with Crippen LogP contribution >= 0.6 is 0 Å². The van der Waals surface area contributed by atoms with Crippen LogP contribution in [0.4, 0.5) is 0 Å². The van der Waals surface area contributed by atoms with E-state index in [2.05, 4.69) is 27.4 Å². The second kappa shape index (κ2) is 9.98. The minimum Gasteiger partial charge on any atom is -0.489 e. The number of rotatable bonds is 6. The van der Waals surface area contributed by atoms with Gasteiger partial charge in [0.15, 0.2) is 0 Å². The SMILES string of the molecule is CC(N1CCC(Oc2ccc(-n3ccc4cc(C(=O)N5CCCC5)ccc43)nc2)CC1)N1CC2CC(C1)O2. The zero-order valence-electron chi connectivity index (χ0n) is 22.2. The lowest BCUT2D eigenvalue weighted by Gasteiger charge is -2.51. The number of pyridine rings is 1. The number of piperidine rings is 2. The summed E-state index contributed by atoms with van der Waals surface area (Å²) in [5.74, 6) is 1.80. The molecular weight excluding hydrogens is 478 g/mol. The van der Waals surface area contributed by atoms with Crippen LogP contribution in [0.25, 0.3) is 16.7 Å². The van der Waals surface area contributed by atoms with Crippen molar-refractivity contribution in [2.75, 3.05) is 39.3 Å². The number of hydrogen-bond donors (Lipinski definition) is 0. The molecule has 3 unspecified atom stereocenters. The average molecular weight is 516 g/mol. The molecule has 2 bridgehead atoms. The van der Waals surface area contributed by atoms with Gasteiger partial charge in [0.2, 0.25) is 0 Å². The first-order valence-corrected chi connectivity index (χ1v) is 14.3. The molecule has 0 radical (unpaired) electrons.